The third-order valence-corrected chi connectivity index (χ3v) is 3.14. The molecule has 25 heavy (non-hydrogen) atoms. The Morgan fingerprint density at radius 1 is 1.36 bits per heavy atom. The molecule has 0 aliphatic rings. The van der Waals surface area contributed by atoms with Crippen LogP contribution in [-0.2, 0) is 25.5 Å². The van der Waals surface area contributed by atoms with Gasteiger partial charge in [0.1, 0.15) is 6.04 Å². The summed E-state index contributed by atoms with van der Waals surface area (Å²) < 4.78 is 17.9. The summed E-state index contributed by atoms with van der Waals surface area (Å²) in [5, 5.41) is 22.1. The first-order chi connectivity index (χ1) is 11.7. The van der Waals surface area contributed by atoms with E-state index in [-0.39, 0.29) is 31.4 Å². The molecule has 136 valence electrons. The van der Waals surface area contributed by atoms with Crippen LogP contribution in [-0.4, -0.2) is 40.5 Å². The van der Waals surface area contributed by atoms with Gasteiger partial charge in [-0.1, -0.05) is 6.07 Å². The molecule has 0 unspecified atom stereocenters. The number of halogens is 1. The van der Waals surface area contributed by atoms with E-state index in [1.54, 1.807) is 6.92 Å². The molecule has 0 saturated carbocycles. The van der Waals surface area contributed by atoms with Gasteiger partial charge in [-0.25, -0.2) is 4.79 Å². The molecule has 0 saturated heterocycles. The third kappa shape index (κ3) is 6.53. The normalized spacial score (nSPS) is 11.4. The molecule has 0 fully saturated rings. The van der Waals surface area contributed by atoms with Gasteiger partial charge in [0.2, 0.25) is 11.7 Å². The quantitative estimate of drug-likeness (QED) is 0.385. The predicted molar refractivity (Wildman–Crippen MR) is 82.2 cm³/mol. The zero-order valence-corrected chi connectivity index (χ0v) is 13.4. The maximum atomic E-state index is 13.3. The molecule has 1 aromatic rings. The Morgan fingerprint density at radius 3 is 2.60 bits per heavy atom. The fourth-order valence-corrected chi connectivity index (χ4v) is 1.98. The summed E-state index contributed by atoms with van der Waals surface area (Å²) in [6, 6.07) is 1.59. The van der Waals surface area contributed by atoms with E-state index < -0.39 is 40.3 Å². The van der Waals surface area contributed by atoms with Gasteiger partial charge in [0.05, 0.1) is 18.0 Å². The number of aliphatic carboxylic acids is 1. The highest BCUT2D eigenvalue weighted by atomic mass is 19.1. The lowest BCUT2D eigenvalue weighted by Gasteiger charge is -2.14. The number of nitrogens with zero attached hydrogens (tertiary/aromatic N) is 1. The van der Waals surface area contributed by atoms with E-state index in [4.69, 9.17) is 5.11 Å². The summed E-state index contributed by atoms with van der Waals surface area (Å²) in [5.74, 6) is -3.67. The van der Waals surface area contributed by atoms with Crippen LogP contribution >= 0.6 is 0 Å². The number of carboxylic acid groups (broad SMARTS) is 1. The molecule has 1 atom stereocenters. The second-order valence-electron chi connectivity index (χ2n) is 5.01. The number of nitro benzene ring substituents is 1. The van der Waals surface area contributed by atoms with Gasteiger partial charge in [0, 0.05) is 18.9 Å². The van der Waals surface area contributed by atoms with Crippen molar-refractivity contribution in [3.05, 3.63) is 39.7 Å². The average Bonchev–Trinajstić information content (AvgIpc) is 2.54. The Labute approximate surface area is 141 Å². The van der Waals surface area contributed by atoms with Crippen LogP contribution in [0.25, 0.3) is 0 Å². The van der Waals surface area contributed by atoms with Crippen molar-refractivity contribution in [3.8, 4) is 0 Å². The first-order valence-corrected chi connectivity index (χ1v) is 7.35. The zero-order valence-electron chi connectivity index (χ0n) is 13.4. The molecule has 1 aromatic carbocycles. The van der Waals surface area contributed by atoms with Gasteiger partial charge in [-0.2, -0.15) is 4.39 Å². The van der Waals surface area contributed by atoms with Crippen molar-refractivity contribution < 1.29 is 33.5 Å². The maximum absolute atomic E-state index is 13.3. The highest BCUT2D eigenvalue weighted by Crippen LogP contribution is 2.19. The van der Waals surface area contributed by atoms with Gasteiger partial charge < -0.3 is 15.2 Å². The molecule has 0 aliphatic heterocycles. The third-order valence-electron chi connectivity index (χ3n) is 3.14. The fraction of sp³-hybridized carbons (Fsp3) is 0.400. The Morgan fingerprint density at radius 2 is 2.04 bits per heavy atom. The first-order valence-electron chi connectivity index (χ1n) is 7.35. The van der Waals surface area contributed by atoms with Crippen LogP contribution in [0.5, 0.6) is 0 Å². The number of hydrogen-bond donors (Lipinski definition) is 2. The number of amides is 1. The molecule has 0 bridgehead atoms. The molecule has 9 nitrogen and oxygen atoms in total. The van der Waals surface area contributed by atoms with Gasteiger partial charge in [0.15, 0.2) is 0 Å². The summed E-state index contributed by atoms with van der Waals surface area (Å²) in [6.45, 7) is 1.78. The zero-order chi connectivity index (χ0) is 19.0. The Balaban J connectivity index is 2.73. The summed E-state index contributed by atoms with van der Waals surface area (Å²) in [4.78, 5) is 43.9. The van der Waals surface area contributed by atoms with E-state index in [9.17, 15) is 28.9 Å². The lowest BCUT2D eigenvalue weighted by atomic mass is 10.0. The molecule has 10 heteroatoms. The molecule has 0 heterocycles. The molecular weight excluding hydrogens is 339 g/mol. The Bertz CT molecular complexity index is 678. The number of nitro groups is 1. The van der Waals surface area contributed by atoms with Crippen molar-refractivity contribution >= 4 is 23.5 Å². The molecule has 0 spiro atoms. The largest absolute Gasteiger partial charge is 0.480 e. The molecule has 0 radical (unpaired) electrons. The van der Waals surface area contributed by atoms with E-state index in [0.717, 1.165) is 12.1 Å². The minimum absolute atomic E-state index is 0.168. The molecule has 1 amide bonds. The number of carbonyl (C=O) groups is 3. The average molecular weight is 356 g/mol. The number of hydrogen-bond acceptors (Lipinski definition) is 6. The minimum Gasteiger partial charge on any atom is -0.480 e. The van der Waals surface area contributed by atoms with E-state index in [1.807, 2.05) is 0 Å². The Hall–Kier alpha value is -3.04. The van der Waals surface area contributed by atoms with Gasteiger partial charge in [-0.05, 0) is 18.6 Å². The number of ether oxygens (including phenoxy) is 1. The van der Waals surface area contributed by atoms with Crippen LogP contribution in [0.15, 0.2) is 18.2 Å². The van der Waals surface area contributed by atoms with E-state index in [0.29, 0.717) is 0 Å². The second kappa shape index (κ2) is 9.30. The Kier molecular flexibility index (Phi) is 7.44. The minimum atomic E-state index is -1.38. The number of benzene rings is 1. The lowest BCUT2D eigenvalue weighted by molar-refractivity contribution is -0.387. The number of rotatable bonds is 9. The molecule has 2 N–H and O–H groups in total. The highest BCUT2D eigenvalue weighted by molar-refractivity contribution is 5.85. The second-order valence-corrected chi connectivity index (χ2v) is 5.01. The summed E-state index contributed by atoms with van der Waals surface area (Å²) in [5.41, 5.74) is -0.610. The van der Waals surface area contributed by atoms with Gasteiger partial charge in [-0.3, -0.25) is 19.7 Å². The smallest absolute Gasteiger partial charge is 0.326 e. The van der Waals surface area contributed by atoms with Crippen molar-refractivity contribution in [2.45, 2.75) is 32.2 Å². The van der Waals surface area contributed by atoms with Crippen molar-refractivity contribution in [1.29, 1.82) is 0 Å². The van der Waals surface area contributed by atoms with Crippen LogP contribution in [0.3, 0.4) is 0 Å². The van der Waals surface area contributed by atoms with Gasteiger partial charge >= 0.3 is 17.6 Å². The van der Waals surface area contributed by atoms with Crippen molar-refractivity contribution in [2.75, 3.05) is 6.61 Å². The van der Waals surface area contributed by atoms with Crippen LogP contribution in [0.4, 0.5) is 10.1 Å². The molecule has 0 aromatic heterocycles. The van der Waals surface area contributed by atoms with E-state index in [1.165, 1.54) is 6.07 Å². The summed E-state index contributed by atoms with van der Waals surface area (Å²) in [7, 11) is 0. The van der Waals surface area contributed by atoms with E-state index in [2.05, 4.69) is 10.1 Å². The maximum Gasteiger partial charge on any atom is 0.326 e. The van der Waals surface area contributed by atoms with Crippen LogP contribution < -0.4 is 5.32 Å². The number of nitrogens with one attached hydrogen (secondary N) is 1. The summed E-state index contributed by atoms with van der Waals surface area (Å²) >= 11 is 0. The molecule has 1 rings (SSSR count). The number of carboxylic acids is 1. The van der Waals surface area contributed by atoms with Gasteiger partial charge in [-0.15, -0.1) is 0 Å². The lowest BCUT2D eigenvalue weighted by Crippen LogP contribution is -2.42. The molecule has 0 aliphatic carbocycles. The van der Waals surface area contributed by atoms with Crippen molar-refractivity contribution in [2.24, 2.45) is 0 Å². The highest BCUT2D eigenvalue weighted by Gasteiger charge is 2.23. The fourth-order valence-electron chi connectivity index (χ4n) is 1.98. The SMILES string of the molecule is CCOC(=O)CCC(=O)N[C@@H](Cc1ccc(F)c([N+](=O)[O-])c1)C(=O)O. The monoisotopic (exact) mass is 356 g/mol. The first kappa shape index (κ1) is 20.0. The van der Waals surface area contributed by atoms with Gasteiger partial charge in [0.25, 0.3) is 0 Å². The van der Waals surface area contributed by atoms with Crippen LogP contribution in [0.1, 0.15) is 25.3 Å². The van der Waals surface area contributed by atoms with Crippen molar-refractivity contribution in [1.82, 2.24) is 5.32 Å². The number of carbonyl (C=O) groups excluding carboxylic acids is 2. The summed E-state index contributed by atoms with van der Waals surface area (Å²) in [6.07, 6.45) is -0.734. The van der Waals surface area contributed by atoms with Crippen LogP contribution in [0.2, 0.25) is 0 Å². The van der Waals surface area contributed by atoms with Crippen molar-refractivity contribution in [3.63, 3.8) is 0 Å². The topological polar surface area (TPSA) is 136 Å². The van der Waals surface area contributed by atoms with Crippen LogP contribution in [0, 0.1) is 15.9 Å². The molecular formula is C15H17FN2O7. The number of esters is 1. The van der Waals surface area contributed by atoms with E-state index >= 15 is 0 Å². The predicted octanol–water partition coefficient (Wildman–Crippen LogP) is 1.19. The standard InChI is InChI=1S/C15H17FN2O7/c1-2-25-14(20)6-5-13(19)17-11(15(21)22)7-9-3-4-10(16)12(8-9)18(23)24/h3-4,8,11H,2,5-7H2,1H3,(H,17,19)(H,21,22)/t11-/m0/s1.